The van der Waals surface area contributed by atoms with E-state index in [1.54, 1.807) is 6.08 Å². The predicted octanol–water partition coefficient (Wildman–Crippen LogP) is 2.58. The lowest BCUT2D eigenvalue weighted by molar-refractivity contribution is 0.0794. The van der Waals surface area contributed by atoms with Crippen molar-refractivity contribution in [2.24, 2.45) is 0 Å². The lowest BCUT2D eigenvalue weighted by atomic mass is 9.91. The zero-order chi connectivity index (χ0) is 10.9. The van der Waals surface area contributed by atoms with Gasteiger partial charge in [-0.3, -0.25) is 0 Å². The minimum Gasteiger partial charge on any atom is -0.385 e. The molecule has 15 heavy (non-hydrogen) atoms. The van der Waals surface area contributed by atoms with Crippen LogP contribution in [0, 0.1) is 0 Å². The van der Waals surface area contributed by atoms with Gasteiger partial charge in [-0.1, -0.05) is 18.2 Å². The molecule has 0 unspecified atom stereocenters. The van der Waals surface area contributed by atoms with Gasteiger partial charge in [0.25, 0.3) is 0 Å². The van der Waals surface area contributed by atoms with Gasteiger partial charge in [-0.05, 0) is 39.0 Å². The molecule has 0 bridgehead atoms. The van der Waals surface area contributed by atoms with Crippen LogP contribution in [-0.4, -0.2) is 22.4 Å². The van der Waals surface area contributed by atoms with Gasteiger partial charge in [-0.25, -0.2) is 0 Å². The molecule has 1 fully saturated rings. The van der Waals surface area contributed by atoms with Crippen molar-refractivity contribution in [2.75, 3.05) is 0 Å². The first kappa shape index (κ1) is 10.9. The maximum Gasteiger partial charge on any atom is 0.0923 e. The maximum absolute atomic E-state index is 10.3. The molecule has 0 aromatic heterocycles. The summed E-state index contributed by atoms with van der Waals surface area (Å²) in [5, 5.41) is 10.3. The van der Waals surface area contributed by atoms with E-state index in [9.17, 15) is 5.11 Å². The Morgan fingerprint density at radius 1 is 1.60 bits per heavy atom. The first-order valence-corrected chi connectivity index (χ1v) is 5.77. The first-order chi connectivity index (χ1) is 7.08. The second-order valence-electron chi connectivity index (χ2n) is 5.00. The molecule has 0 amide bonds. The van der Waals surface area contributed by atoms with Crippen LogP contribution >= 0.6 is 0 Å². The largest absolute Gasteiger partial charge is 0.385 e. The molecule has 84 valence electrons. The number of aliphatic hydroxyl groups is 1. The van der Waals surface area contributed by atoms with Crippen LogP contribution < -0.4 is 0 Å². The van der Waals surface area contributed by atoms with Gasteiger partial charge in [0.1, 0.15) is 0 Å². The molecule has 2 rings (SSSR count). The van der Waals surface area contributed by atoms with Gasteiger partial charge in [-0.2, -0.15) is 0 Å². The summed E-state index contributed by atoms with van der Waals surface area (Å²) in [6, 6.07) is 0. The summed E-state index contributed by atoms with van der Waals surface area (Å²) in [4.78, 5) is 0. The van der Waals surface area contributed by atoms with Gasteiger partial charge < -0.3 is 9.84 Å². The second kappa shape index (κ2) is 3.76. The zero-order valence-electron chi connectivity index (χ0n) is 9.41. The Morgan fingerprint density at radius 2 is 2.40 bits per heavy atom. The summed E-state index contributed by atoms with van der Waals surface area (Å²) in [7, 11) is 0. The van der Waals surface area contributed by atoms with Crippen molar-refractivity contribution in [1.82, 2.24) is 0 Å². The van der Waals surface area contributed by atoms with Crippen LogP contribution in [-0.2, 0) is 4.74 Å². The lowest BCUT2D eigenvalue weighted by Crippen LogP contribution is -2.25. The van der Waals surface area contributed by atoms with E-state index in [-0.39, 0.29) is 5.60 Å². The summed E-state index contributed by atoms with van der Waals surface area (Å²) in [6.07, 6.45) is 10.6. The third-order valence-electron chi connectivity index (χ3n) is 3.61. The molecular weight excluding hydrogens is 188 g/mol. The molecule has 2 heteroatoms. The average molecular weight is 208 g/mol. The van der Waals surface area contributed by atoms with E-state index >= 15 is 0 Å². The number of hydrogen-bond acceptors (Lipinski definition) is 2. The van der Waals surface area contributed by atoms with E-state index in [2.05, 4.69) is 19.6 Å². The molecule has 3 atom stereocenters. The molecule has 1 aliphatic heterocycles. The Balaban J connectivity index is 2.04. The maximum atomic E-state index is 10.3. The van der Waals surface area contributed by atoms with Crippen LogP contribution in [0.5, 0.6) is 0 Å². The molecule has 2 aliphatic rings. The van der Waals surface area contributed by atoms with Gasteiger partial charge in [0, 0.05) is 0 Å². The van der Waals surface area contributed by atoms with Crippen LogP contribution in [0.15, 0.2) is 24.8 Å². The molecule has 1 N–H and O–H groups in total. The number of rotatable bonds is 2. The summed E-state index contributed by atoms with van der Waals surface area (Å²) >= 11 is 0. The molecule has 1 heterocycles. The third-order valence-corrected chi connectivity index (χ3v) is 3.61. The van der Waals surface area contributed by atoms with Gasteiger partial charge in [0.05, 0.1) is 17.3 Å². The van der Waals surface area contributed by atoms with Crippen molar-refractivity contribution in [3.05, 3.63) is 24.8 Å². The van der Waals surface area contributed by atoms with Crippen LogP contribution in [0.2, 0.25) is 0 Å². The van der Waals surface area contributed by atoms with Gasteiger partial charge in [-0.15, -0.1) is 6.58 Å². The Kier molecular flexibility index (Phi) is 2.73. The molecule has 1 aliphatic carbocycles. The Morgan fingerprint density at radius 3 is 3.13 bits per heavy atom. The van der Waals surface area contributed by atoms with Crippen LogP contribution in [0.25, 0.3) is 0 Å². The fraction of sp³-hybridized carbons (Fsp3) is 0.692. The highest BCUT2D eigenvalue weighted by molar-refractivity contribution is 5.10. The highest BCUT2D eigenvalue weighted by Crippen LogP contribution is 2.45. The van der Waals surface area contributed by atoms with Crippen LogP contribution in [0.4, 0.5) is 0 Å². The normalized spacial score (nSPS) is 46.9. The quantitative estimate of drug-likeness (QED) is 0.559. The topological polar surface area (TPSA) is 32.8 Å². The molecule has 0 radical (unpaired) electrons. The minimum absolute atomic E-state index is 0.0871. The van der Waals surface area contributed by atoms with Crippen molar-refractivity contribution < 1.29 is 9.84 Å². The number of hydrogen-bond donors (Lipinski definition) is 1. The number of epoxide rings is 1. The summed E-state index contributed by atoms with van der Waals surface area (Å²) in [5.41, 5.74) is -0.608. The van der Waals surface area contributed by atoms with E-state index in [0.717, 1.165) is 25.7 Å². The second-order valence-corrected chi connectivity index (χ2v) is 5.00. The average Bonchev–Trinajstić information content (AvgIpc) is 2.82. The Bertz CT molecular complexity index is 284. The predicted molar refractivity (Wildman–Crippen MR) is 60.6 cm³/mol. The highest BCUT2D eigenvalue weighted by atomic mass is 16.6. The Labute approximate surface area is 91.6 Å². The van der Waals surface area contributed by atoms with Crippen LogP contribution in [0.3, 0.4) is 0 Å². The van der Waals surface area contributed by atoms with E-state index in [4.69, 9.17) is 4.74 Å². The summed E-state index contributed by atoms with van der Waals surface area (Å²) in [6.45, 7) is 5.87. The fourth-order valence-electron chi connectivity index (χ4n) is 2.43. The number of fused-ring (bicyclic) bond motifs is 1. The molecule has 0 aromatic rings. The van der Waals surface area contributed by atoms with Crippen LogP contribution in [0.1, 0.15) is 39.0 Å². The molecule has 0 saturated carbocycles. The zero-order valence-corrected chi connectivity index (χ0v) is 9.41. The van der Waals surface area contributed by atoms with Crippen molar-refractivity contribution >= 4 is 0 Å². The van der Waals surface area contributed by atoms with E-state index < -0.39 is 5.60 Å². The molecule has 2 nitrogen and oxygen atoms in total. The SMILES string of the molecule is C=CC[C@]1(O)/C=C\CC[C@]2(C)O[C@H]2CC1. The first-order valence-electron chi connectivity index (χ1n) is 5.77. The third kappa shape index (κ3) is 2.32. The standard InChI is InChI=1S/C13H20O2/c1-3-7-13(14)9-5-4-8-12(2)11(15-12)6-10-13/h3,5,9,11,14H,1,4,6-8,10H2,2H3/b9-5-/t11-,12-,13-/m0/s1. The smallest absolute Gasteiger partial charge is 0.0923 e. The molecule has 1 saturated heterocycles. The van der Waals surface area contributed by atoms with Crippen molar-refractivity contribution in [2.45, 2.75) is 56.3 Å². The fourth-order valence-corrected chi connectivity index (χ4v) is 2.43. The minimum atomic E-state index is -0.695. The lowest BCUT2D eigenvalue weighted by Gasteiger charge is -2.22. The number of allylic oxidation sites excluding steroid dienone is 1. The molecular formula is C13H20O2. The van der Waals surface area contributed by atoms with Crippen molar-refractivity contribution in [3.63, 3.8) is 0 Å². The van der Waals surface area contributed by atoms with Crippen molar-refractivity contribution in [3.8, 4) is 0 Å². The number of ether oxygens (including phenoxy) is 1. The van der Waals surface area contributed by atoms with Gasteiger partial charge in [0.15, 0.2) is 0 Å². The summed E-state index contributed by atoms with van der Waals surface area (Å²) in [5.74, 6) is 0. The molecule has 0 aromatic carbocycles. The molecule has 0 spiro atoms. The van der Waals surface area contributed by atoms with Gasteiger partial charge in [0.2, 0.25) is 0 Å². The van der Waals surface area contributed by atoms with Gasteiger partial charge >= 0.3 is 0 Å². The van der Waals surface area contributed by atoms with E-state index in [1.807, 2.05) is 6.08 Å². The van der Waals surface area contributed by atoms with E-state index in [1.165, 1.54) is 0 Å². The van der Waals surface area contributed by atoms with E-state index in [0.29, 0.717) is 12.5 Å². The highest BCUT2D eigenvalue weighted by Gasteiger charge is 2.51. The Hall–Kier alpha value is -0.600. The van der Waals surface area contributed by atoms with Crippen molar-refractivity contribution in [1.29, 1.82) is 0 Å². The summed E-state index contributed by atoms with van der Waals surface area (Å²) < 4.78 is 5.68. The monoisotopic (exact) mass is 208 g/mol.